The average molecular weight is 208 g/mol. The molecule has 0 radical (unpaired) electrons. The van der Waals surface area contributed by atoms with Crippen molar-refractivity contribution in [3.05, 3.63) is 0 Å². The molecule has 0 aromatic rings. The third kappa shape index (κ3) is 4.22. The van der Waals surface area contributed by atoms with Gasteiger partial charge in [0.2, 0.25) is 0 Å². The van der Waals surface area contributed by atoms with Gasteiger partial charge in [0.25, 0.3) is 0 Å². The van der Waals surface area contributed by atoms with Crippen LogP contribution in [0.5, 0.6) is 0 Å². The van der Waals surface area contributed by atoms with E-state index in [1.165, 1.54) is 32.4 Å². The van der Waals surface area contributed by atoms with Gasteiger partial charge in [-0.15, -0.1) is 0 Å². The van der Waals surface area contributed by atoms with E-state index in [4.69, 9.17) is 5.26 Å². The van der Waals surface area contributed by atoms with E-state index in [-0.39, 0.29) is 5.41 Å². The average Bonchev–Trinajstić information content (AvgIpc) is 2.64. The van der Waals surface area contributed by atoms with Crippen LogP contribution in [-0.4, -0.2) is 24.5 Å². The zero-order valence-corrected chi connectivity index (χ0v) is 10.4. The lowest BCUT2D eigenvalue weighted by Gasteiger charge is -2.21. The fourth-order valence-electron chi connectivity index (χ4n) is 2.25. The SMILES string of the molecule is CCCC1CCN(CCC(C)(C)C#N)C1. The first-order chi connectivity index (χ1) is 7.07. The molecule has 0 N–H and O–H groups in total. The Labute approximate surface area is 94.3 Å². The molecular weight excluding hydrogens is 184 g/mol. The van der Waals surface area contributed by atoms with Gasteiger partial charge in [-0.2, -0.15) is 5.26 Å². The molecule has 0 spiro atoms. The molecular formula is C13H24N2. The summed E-state index contributed by atoms with van der Waals surface area (Å²) in [5.74, 6) is 0.917. The maximum absolute atomic E-state index is 8.94. The summed E-state index contributed by atoms with van der Waals surface area (Å²) in [4.78, 5) is 2.53. The zero-order valence-electron chi connectivity index (χ0n) is 10.4. The van der Waals surface area contributed by atoms with E-state index < -0.39 is 0 Å². The first kappa shape index (κ1) is 12.5. The summed E-state index contributed by atoms with van der Waals surface area (Å²) in [6.45, 7) is 9.93. The molecule has 2 heteroatoms. The van der Waals surface area contributed by atoms with Crippen LogP contribution in [-0.2, 0) is 0 Å². The third-order valence-electron chi connectivity index (χ3n) is 3.42. The lowest BCUT2D eigenvalue weighted by atomic mass is 9.91. The first-order valence-electron chi connectivity index (χ1n) is 6.21. The molecule has 0 aromatic carbocycles. The lowest BCUT2D eigenvalue weighted by molar-refractivity contribution is 0.277. The van der Waals surface area contributed by atoms with Gasteiger partial charge in [-0.25, -0.2) is 0 Å². The molecule has 0 aromatic heterocycles. The fraction of sp³-hybridized carbons (Fsp3) is 0.923. The smallest absolute Gasteiger partial charge is 0.0684 e. The van der Waals surface area contributed by atoms with Gasteiger partial charge in [-0.3, -0.25) is 0 Å². The highest BCUT2D eigenvalue weighted by Crippen LogP contribution is 2.24. The molecule has 0 saturated carbocycles. The monoisotopic (exact) mass is 208 g/mol. The van der Waals surface area contributed by atoms with Crippen LogP contribution in [0, 0.1) is 22.7 Å². The summed E-state index contributed by atoms with van der Waals surface area (Å²) in [6, 6.07) is 2.37. The summed E-state index contributed by atoms with van der Waals surface area (Å²) < 4.78 is 0. The summed E-state index contributed by atoms with van der Waals surface area (Å²) >= 11 is 0. The molecule has 1 rings (SSSR count). The summed E-state index contributed by atoms with van der Waals surface area (Å²) in [7, 11) is 0. The number of likely N-dealkylation sites (tertiary alicyclic amines) is 1. The molecule has 1 unspecified atom stereocenters. The minimum Gasteiger partial charge on any atom is -0.303 e. The van der Waals surface area contributed by atoms with E-state index in [1.54, 1.807) is 0 Å². The van der Waals surface area contributed by atoms with Crippen molar-refractivity contribution in [1.29, 1.82) is 5.26 Å². The van der Waals surface area contributed by atoms with Crippen molar-refractivity contribution in [2.24, 2.45) is 11.3 Å². The van der Waals surface area contributed by atoms with Crippen molar-refractivity contribution in [2.75, 3.05) is 19.6 Å². The minimum atomic E-state index is -0.150. The molecule has 0 amide bonds. The molecule has 1 saturated heterocycles. The molecule has 0 bridgehead atoms. The Morgan fingerprint density at radius 2 is 2.20 bits per heavy atom. The van der Waals surface area contributed by atoms with Crippen LogP contribution in [0.25, 0.3) is 0 Å². The van der Waals surface area contributed by atoms with Crippen molar-refractivity contribution in [1.82, 2.24) is 4.90 Å². The topological polar surface area (TPSA) is 27.0 Å². The van der Waals surface area contributed by atoms with E-state index in [9.17, 15) is 0 Å². The largest absolute Gasteiger partial charge is 0.303 e. The summed E-state index contributed by atoms with van der Waals surface area (Å²) in [5.41, 5.74) is -0.150. The van der Waals surface area contributed by atoms with Crippen molar-refractivity contribution < 1.29 is 0 Å². The first-order valence-corrected chi connectivity index (χ1v) is 6.21. The van der Waals surface area contributed by atoms with Crippen LogP contribution < -0.4 is 0 Å². The van der Waals surface area contributed by atoms with Crippen molar-refractivity contribution >= 4 is 0 Å². The molecule has 1 heterocycles. The number of hydrogen-bond donors (Lipinski definition) is 0. The second-order valence-corrected chi connectivity index (χ2v) is 5.49. The van der Waals surface area contributed by atoms with Crippen molar-refractivity contribution in [2.45, 2.75) is 46.5 Å². The highest BCUT2D eigenvalue weighted by atomic mass is 15.1. The maximum atomic E-state index is 8.94. The Kier molecular flexibility index (Phi) is 4.60. The van der Waals surface area contributed by atoms with Crippen LogP contribution >= 0.6 is 0 Å². The van der Waals surface area contributed by atoms with Gasteiger partial charge in [-0.1, -0.05) is 13.3 Å². The predicted octanol–water partition coefficient (Wildman–Crippen LogP) is 3.05. The number of hydrogen-bond acceptors (Lipinski definition) is 2. The van der Waals surface area contributed by atoms with Gasteiger partial charge in [0, 0.05) is 6.54 Å². The van der Waals surface area contributed by atoms with E-state index >= 15 is 0 Å². The van der Waals surface area contributed by atoms with E-state index in [1.807, 2.05) is 13.8 Å². The Bertz CT molecular complexity index is 227. The van der Waals surface area contributed by atoms with Gasteiger partial charge in [0.15, 0.2) is 0 Å². The van der Waals surface area contributed by atoms with Gasteiger partial charge in [0.1, 0.15) is 0 Å². The Hall–Kier alpha value is -0.550. The Morgan fingerprint density at radius 1 is 1.47 bits per heavy atom. The van der Waals surface area contributed by atoms with Gasteiger partial charge < -0.3 is 4.90 Å². The normalized spacial score (nSPS) is 22.9. The van der Waals surface area contributed by atoms with E-state index in [0.717, 1.165) is 18.9 Å². The highest BCUT2D eigenvalue weighted by Gasteiger charge is 2.24. The van der Waals surface area contributed by atoms with Gasteiger partial charge >= 0.3 is 0 Å². The number of nitriles is 1. The van der Waals surface area contributed by atoms with Crippen LogP contribution in [0.4, 0.5) is 0 Å². The quantitative estimate of drug-likeness (QED) is 0.694. The fourth-order valence-corrected chi connectivity index (χ4v) is 2.25. The van der Waals surface area contributed by atoms with E-state index in [2.05, 4.69) is 17.9 Å². The van der Waals surface area contributed by atoms with Crippen molar-refractivity contribution in [3.8, 4) is 6.07 Å². The highest BCUT2D eigenvalue weighted by molar-refractivity contribution is 4.92. The standard InChI is InChI=1S/C13H24N2/c1-4-5-12-6-8-15(10-12)9-7-13(2,3)11-14/h12H,4-10H2,1-3H3. The summed E-state index contributed by atoms with van der Waals surface area (Å²) in [5, 5.41) is 8.94. The number of rotatable bonds is 5. The number of nitrogens with zero attached hydrogens (tertiary/aromatic N) is 2. The van der Waals surface area contributed by atoms with Crippen LogP contribution in [0.15, 0.2) is 0 Å². The Balaban J connectivity index is 2.22. The molecule has 2 nitrogen and oxygen atoms in total. The molecule has 1 aliphatic heterocycles. The lowest BCUT2D eigenvalue weighted by Crippen LogP contribution is -2.25. The molecule has 1 atom stereocenters. The summed E-state index contributed by atoms with van der Waals surface area (Å²) in [6.07, 6.45) is 5.05. The molecule has 0 aliphatic carbocycles. The van der Waals surface area contributed by atoms with Crippen LogP contribution in [0.1, 0.15) is 46.5 Å². The van der Waals surface area contributed by atoms with Crippen molar-refractivity contribution in [3.63, 3.8) is 0 Å². The Morgan fingerprint density at radius 3 is 2.80 bits per heavy atom. The second-order valence-electron chi connectivity index (χ2n) is 5.49. The zero-order chi connectivity index (χ0) is 11.3. The minimum absolute atomic E-state index is 0.150. The molecule has 86 valence electrons. The third-order valence-corrected chi connectivity index (χ3v) is 3.42. The maximum Gasteiger partial charge on any atom is 0.0684 e. The van der Waals surface area contributed by atoms with Crippen LogP contribution in [0.3, 0.4) is 0 Å². The molecule has 15 heavy (non-hydrogen) atoms. The second kappa shape index (κ2) is 5.51. The van der Waals surface area contributed by atoms with E-state index in [0.29, 0.717) is 0 Å². The van der Waals surface area contributed by atoms with Crippen LogP contribution in [0.2, 0.25) is 0 Å². The molecule has 1 fully saturated rings. The predicted molar refractivity (Wildman–Crippen MR) is 63.5 cm³/mol. The van der Waals surface area contributed by atoms with Gasteiger partial charge in [0.05, 0.1) is 11.5 Å². The van der Waals surface area contributed by atoms with Gasteiger partial charge in [-0.05, 0) is 52.1 Å². The molecule has 1 aliphatic rings.